The second-order valence-electron chi connectivity index (χ2n) is 2.92. The molecule has 0 saturated heterocycles. The van der Waals surface area contributed by atoms with Crippen molar-refractivity contribution in [1.82, 2.24) is 0 Å². The number of rotatable bonds is 6. The number of hydrogen-bond donors (Lipinski definition) is 5. The molecule has 0 spiro atoms. The van der Waals surface area contributed by atoms with E-state index in [-0.39, 0.29) is 0 Å². The third-order valence-corrected chi connectivity index (χ3v) is 1.68. The number of aliphatic hydroxyl groups excluding tert-OH is 1. The van der Waals surface area contributed by atoms with Gasteiger partial charge in [-0.25, -0.2) is 0 Å². The fourth-order valence-electron chi connectivity index (χ4n) is 0.820. The molecule has 0 aromatic rings. The third-order valence-electron chi connectivity index (χ3n) is 1.68. The van der Waals surface area contributed by atoms with E-state index in [1.807, 2.05) is 0 Å². The van der Waals surface area contributed by atoms with E-state index < -0.39 is 42.3 Å². The molecule has 0 bridgehead atoms. The molecule has 2 unspecified atom stereocenters. The zero-order valence-electron chi connectivity index (χ0n) is 7.66. The van der Waals surface area contributed by atoms with Gasteiger partial charge in [-0.3, -0.25) is 14.4 Å². The fourth-order valence-corrected chi connectivity index (χ4v) is 0.820. The van der Waals surface area contributed by atoms with Crippen LogP contribution in [0.1, 0.15) is 6.42 Å². The molecule has 0 aromatic carbocycles. The Morgan fingerprint density at radius 3 is 1.93 bits per heavy atom. The Balaban J connectivity index is 4.43. The van der Waals surface area contributed by atoms with Crippen molar-refractivity contribution in [3.05, 3.63) is 0 Å². The van der Waals surface area contributed by atoms with Gasteiger partial charge in [-0.05, 0) is 0 Å². The number of Topliss-reactive ketones (excluding diaryl/α,β-unsaturated/α-hetero) is 1. The zero-order valence-corrected chi connectivity index (χ0v) is 7.66. The first-order chi connectivity index (χ1) is 6.77. The van der Waals surface area contributed by atoms with Crippen LogP contribution >= 0.6 is 0 Å². The Hall–Kier alpha value is -1.51. The Morgan fingerprint density at radius 1 is 1.13 bits per heavy atom. The average Bonchev–Trinajstić information content (AvgIpc) is 2.13. The lowest BCUT2D eigenvalue weighted by Gasteiger charge is -2.16. The number of aliphatic hydroxyl groups is 1. The number of carboxylic acid groups (broad SMARTS) is 2. The van der Waals surface area contributed by atoms with Crippen LogP contribution in [0.3, 0.4) is 0 Å². The van der Waals surface area contributed by atoms with Crippen molar-refractivity contribution in [1.29, 1.82) is 0 Å². The summed E-state index contributed by atoms with van der Waals surface area (Å²) < 4.78 is 0. The van der Waals surface area contributed by atoms with Gasteiger partial charge in [-0.1, -0.05) is 0 Å². The van der Waals surface area contributed by atoms with E-state index in [9.17, 15) is 14.4 Å². The quantitative estimate of drug-likeness (QED) is 0.318. The van der Waals surface area contributed by atoms with Gasteiger partial charge in [0, 0.05) is 0 Å². The molecule has 0 aliphatic carbocycles. The van der Waals surface area contributed by atoms with E-state index in [1.165, 1.54) is 0 Å². The summed E-state index contributed by atoms with van der Waals surface area (Å²) in [6.45, 7) is 0. The predicted octanol–water partition coefficient (Wildman–Crippen LogP) is -2.87. The number of ketones is 1. The van der Waals surface area contributed by atoms with Gasteiger partial charge in [0.15, 0.2) is 5.78 Å². The minimum absolute atomic E-state index is 0.692. The Kier molecular flexibility index (Phi) is 4.85. The summed E-state index contributed by atoms with van der Waals surface area (Å²) in [6, 6.07) is -3.28. The molecule has 0 rings (SSSR count). The van der Waals surface area contributed by atoms with E-state index in [0.717, 1.165) is 0 Å². The second-order valence-corrected chi connectivity index (χ2v) is 2.92. The van der Waals surface area contributed by atoms with Crippen LogP contribution in [-0.2, 0) is 14.4 Å². The highest BCUT2D eigenvalue weighted by Gasteiger charge is 2.32. The van der Waals surface area contributed by atoms with Crippen molar-refractivity contribution in [2.45, 2.75) is 24.6 Å². The molecule has 0 amide bonds. The number of hydrogen-bond acceptors (Lipinski definition) is 6. The summed E-state index contributed by atoms with van der Waals surface area (Å²) in [5.41, 5.74) is 10.1. The maximum absolute atomic E-state index is 11.1. The molecular weight excluding hydrogens is 208 g/mol. The van der Waals surface area contributed by atoms with Crippen LogP contribution in [-0.4, -0.2) is 51.2 Å². The first-order valence-corrected chi connectivity index (χ1v) is 3.95. The molecule has 86 valence electrons. The highest BCUT2D eigenvalue weighted by atomic mass is 16.4. The molecule has 8 nitrogen and oxygen atoms in total. The number of carboxylic acids is 2. The van der Waals surface area contributed by atoms with Crippen LogP contribution in [0.4, 0.5) is 0 Å². The SMILES string of the molecule is NC(CC(=O)O)C(=O)C(O)[C@H](N)C(=O)O. The average molecular weight is 220 g/mol. The first-order valence-electron chi connectivity index (χ1n) is 3.95. The van der Waals surface area contributed by atoms with Gasteiger partial charge in [0.05, 0.1) is 12.5 Å². The standard InChI is InChI=1S/C7H12N2O6/c8-2(1-3(10)11)5(12)6(13)4(9)7(14)15/h2,4,6,13H,1,8-9H2,(H,10,11)(H,14,15)/t2?,4-,6?/m0/s1. The minimum Gasteiger partial charge on any atom is -0.481 e. The summed E-state index contributed by atoms with van der Waals surface area (Å²) in [7, 11) is 0. The monoisotopic (exact) mass is 220 g/mol. The molecule has 0 radical (unpaired) electrons. The summed E-state index contributed by atoms with van der Waals surface area (Å²) in [5, 5.41) is 25.8. The van der Waals surface area contributed by atoms with E-state index in [4.69, 9.17) is 26.8 Å². The van der Waals surface area contributed by atoms with Crippen LogP contribution < -0.4 is 11.5 Å². The maximum atomic E-state index is 11.1. The van der Waals surface area contributed by atoms with E-state index in [2.05, 4.69) is 0 Å². The van der Waals surface area contributed by atoms with E-state index in [1.54, 1.807) is 0 Å². The van der Waals surface area contributed by atoms with Crippen LogP contribution in [0.25, 0.3) is 0 Å². The van der Waals surface area contributed by atoms with Gasteiger partial charge < -0.3 is 26.8 Å². The lowest BCUT2D eigenvalue weighted by Crippen LogP contribution is -2.51. The van der Waals surface area contributed by atoms with Crippen molar-refractivity contribution in [3.8, 4) is 0 Å². The van der Waals surface area contributed by atoms with Gasteiger partial charge >= 0.3 is 11.9 Å². The number of nitrogens with two attached hydrogens (primary N) is 2. The zero-order chi connectivity index (χ0) is 12.2. The number of aliphatic carboxylic acids is 2. The topological polar surface area (TPSA) is 164 Å². The van der Waals surface area contributed by atoms with Crippen molar-refractivity contribution < 1.29 is 29.7 Å². The summed E-state index contributed by atoms with van der Waals surface area (Å²) >= 11 is 0. The van der Waals surface area contributed by atoms with Crippen LogP contribution in [0.2, 0.25) is 0 Å². The van der Waals surface area contributed by atoms with Gasteiger partial charge in [-0.2, -0.15) is 0 Å². The van der Waals surface area contributed by atoms with Crippen molar-refractivity contribution >= 4 is 17.7 Å². The molecule has 3 atom stereocenters. The summed E-state index contributed by atoms with van der Waals surface area (Å²) in [5.74, 6) is -4.00. The molecule has 0 heterocycles. The van der Waals surface area contributed by atoms with Crippen LogP contribution in [0, 0.1) is 0 Å². The molecule has 15 heavy (non-hydrogen) atoms. The van der Waals surface area contributed by atoms with Gasteiger partial charge in [0.25, 0.3) is 0 Å². The number of carbonyl (C=O) groups is 3. The molecule has 0 aliphatic rings. The minimum atomic E-state index is -2.00. The van der Waals surface area contributed by atoms with Gasteiger partial charge in [-0.15, -0.1) is 0 Å². The Bertz CT molecular complexity index is 279. The smallest absolute Gasteiger partial charge is 0.323 e. The lowest BCUT2D eigenvalue weighted by molar-refractivity contribution is -0.146. The largest absolute Gasteiger partial charge is 0.481 e. The maximum Gasteiger partial charge on any atom is 0.323 e. The van der Waals surface area contributed by atoms with Gasteiger partial charge in [0.2, 0.25) is 0 Å². The van der Waals surface area contributed by atoms with E-state index in [0.29, 0.717) is 0 Å². The second kappa shape index (κ2) is 5.39. The molecule has 7 N–H and O–H groups in total. The Labute approximate surface area is 84.5 Å². The predicted molar refractivity (Wildman–Crippen MR) is 46.9 cm³/mol. The lowest BCUT2D eigenvalue weighted by atomic mass is 10.0. The normalized spacial score (nSPS) is 16.5. The third kappa shape index (κ3) is 4.02. The molecular formula is C7H12N2O6. The van der Waals surface area contributed by atoms with E-state index >= 15 is 0 Å². The highest BCUT2D eigenvalue weighted by Crippen LogP contribution is 1.99. The van der Waals surface area contributed by atoms with Crippen molar-refractivity contribution in [3.63, 3.8) is 0 Å². The van der Waals surface area contributed by atoms with Crippen molar-refractivity contribution in [2.24, 2.45) is 11.5 Å². The summed E-state index contributed by atoms with van der Waals surface area (Å²) in [4.78, 5) is 31.6. The van der Waals surface area contributed by atoms with Crippen molar-refractivity contribution in [2.75, 3.05) is 0 Å². The van der Waals surface area contributed by atoms with Gasteiger partial charge in [0.1, 0.15) is 12.1 Å². The first kappa shape index (κ1) is 13.5. The molecule has 0 fully saturated rings. The number of carbonyl (C=O) groups excluding carboxylic acids is 1. The molecule has 0 aliphatic heterocycles. The molecule has 0 saturated carbocycles. The fraction of sp³-hybridized carbons (Fsp3) is 0.571. The van der Waals surface area contributed by atoms with Crippen LogP contribution in [0.15, 0.2) is 0 Å². The Morgan fingerprint density at radius 2 is 1.60 bits per heavy atom. The highest BCUT2D eigenvalue weighted by molar-refractivity contribution is 5.95. The molecule has 8 heteroatoms. The summed E-state index contributed by atoms with van der Waals surface area (Å²) in [6.07, 6.45) is -2.70. The van der Waals surface area contributed by atoms with Crippen LogP contribution in [0.5, 0.6) is 0 Å². The molecule has 0 aromatic heterocycles.